The molecule has 4 N–H and O–H groups in total. The van der Waals surface area contributed by atoms with E-state index in [0.717, 1.165) is 44.9 Å². The third-order valence-corrected chi connectivity index (χ3v) is 8.06. The average Bonchev–Trinajstić information content (AvgIpc) is 3.10. The lowest BCUT2D eigenvalue weighted by atomic mass is 10.1. The van der Waals surface area contributed by atoms with Crippen molar-refractivity contribution in [1.82, 2.24) is 0 Å². The fourth-order valence-corrected chi connectivity index (χ4v) is 4.99. The van der Waals surface area contributed by atoms with Crippen LogP contribution in [0, 0.1) is 0 Å². The molecule has 52 heavy (non-hydrogen) atoms. The van der Waals surface area contributed by atoms with E-state index in [0.29, 0.717) is 19.3 Å². The third-order valence-electron chi connectivity index (χ3n) is 7.58. The Bertz CT molecular complexity index is 1150. The van der Waals surface area contributed by atoms with Gasteiger partial charge in [0.15, 0.2) is 6.10 Å². The van der Waals surface area contributed by atoms with Gasteiger partial charge in [0.05, 0.1) is 18.8 Å². The summed E-state index contributed by atoms with van der Waals surface area (Å²) in [5.41, 5.74) is 0. The van der Waals surface area contributed by atoms with Crippen molar-refractivity contribution in [3.63, 3.8) is 0 Å². The first-order valence-electron chi connectivity index (χ1n) is 19.1. The predicted molar refractivity (Wildman–Crippen MR) is 209 cm³/mol. The molecule has 0 aromatic carbocycles. The number of unbranched alkanes of at least 4 members (excludes halogenated alkanes) is 8. The Morgan fingerprint density at radius 3 is 1.71 bits per heavy atom. The van der Waals surface area contributed by atoms with Gasteiger partial charge in [-0.2, -0.15) is 0 Å². The number of phosphoric acid groups is 1. The van der Waals surface area contributed by atoms with Crippen molar-refractivity contribution >= 4 is 19.8 Å². The number of hydrogen-bond acceptors (Lipinski definition) is 8. The summed E-state index contributed by atoms with van der Waals surface area (Å²) in [6, 6.07) is 0. The summed E-state index contributed by atoms with van der Waals surface area (Å²) in [6.07, 6.45) is 39.3. The number of rotatable bonds is 33. The summed E-state index contributed by atoms with van der Waals surface area (Å²) in [6.45, 7) is 3.33. The van der Waals surface area contributed by atoms with Gasteiger partial charge in [-0.3, -0.25) is 14.1 Å². The first-order valence-corrected chi connectivity index (χ1v) is 20.6. The standard InChI is InChI=1S/C41H67O10P/c1-3-5-7-9-11-12-13-14-15-16-17-18-19-21-27-33-40(44)49-35-39(36-50-52(46,47)48)51-41(45)34-28-32-38(43)31-26-23-22-25-30-37(42)29-24-20-10-8-6-4-2/h11-12,14-15,17-18,20,22-26,30-31,37-39,42-43H,3-10,13,16,19,21,27-29,32-36H2,1-2H3,(H2,46,47,48)/b12-11-,15-14-,18-17-,23-22+,24-20-,30-25+,31-26-/t37-,38-,39+/m0/s1. The van der Waals surface area contributed by atoms with Gasteiger partial charge in [0, 0.05) is 12.8 Å². The molecule has 0 heterocycles. The highest BCUT2D eigenvalue weighted by Gasteiger charge is 2.23. The topological polar surface area (TPSA) is 160 Å². The van der Waals surface area contributed by atoms with E-state index >= 15 is 0 Å². The van der Waals surface area contributed by atoms with Crippen LogP contribution in [0.2, 0.25) is 0 Å². The minimum absolute atomic E-state index is 0.0613. The van der Waals surface area contributed by atoms with E-state index in [1.54, 1.807) is 36.5 Å². The number of allylic oxidation sites excluding steroid dienone is 11. The van der Waals surface area contributed by atoms with Gasteiger partial charge in [-0.15, -0.1) is 0 Å². The smallest absolute Gasteiger partial charge is 0.462 e. The van der Waals surface area contributed by atoms with Crippen molar-refractivity contribution in [3.8, 4) is 0 Å². The molecule has 296 valence electrons. The number of aliphatic hydroxyl groups is 2. The Hall–Kier alpha value is -2.85. The number of carbonyl (C=O) groups excluding carboxylic acids is 2. The van der Waals surface area contributed by atoms with Crippen LogP contribution < -0.4 is 0 Å². The van der Waals surface area contributed by atoms with Gasteiger partial charge in [-0.05, 0) is 77.0 Å². The minimum atomic E-state index is -4.83. The Morgan fingerprint density at radius 2 is 1.13 bits per heavy atom. The SMILES string of the molecule is CCCCC/C=C\C/C=C\C/C=C\CCCCC(=O)OC[C@H](COP(=O)(O)O)OC(=O)CCC[C@@H](O)\C=C/C=C/C=C/[C@@H](O)C/C=C\CCCCC. The van der Waals surface area contributed by atoms with Crippen LogP contribution in [-0.4, -0.2) is 63.5 Å². The van der Waals surface area contributed by atoms with E-state index in [4.69, 9.17) is 19.3 Å². The van der Waals surface area contributed by atoms with E-state index in [1.807, 2.05) is 6.08 Å². The first-order chi connectivity index (χ1) is 25.1. The average molecular weight is 751 g/mol. The second-order valence-electron chi connectivity index (χ2n) is 12.6. The zero-order valence-electron chi connectivity index (χ0n) is 31.6. The number of aliphatic hydroxyl groups excluding tert-OH is 2. The molecule has 10 nitrogen and oxygen atoms in total. The van der Waals surface area contributed by atoms with E-state index < -0.39 is 51.3 Å². The van der Waals surface area contributed by atoms with Crippen LogP contribution in [0.25, 0.3) is 0 Å². The van der Waals surface area contributed by atoms with Crippen LogP contribution in [0.1, 0.15) is 129 Å². The number of ether oxygens (including phenoxy) is 2. The molecule has 0 bridgehead atoms. The molecule has 0 saturated heterocycles. The molecule has 0 saturated carbocycles. The van der Waals surface area contributed by atoms with Crippen molar-refractivity contribution in [2.75, 3.05) is 13.2 Å². The summed E-state index contributed by atoms with van der Waals surface area (Å²) in [7, 11) is -4.83. The quantitative estimate of drug-likeness (QED) is 0.0167. The summed E-state index contributed by atoms with van der Waals surface area (Å²) in [5.74, 6) is -1.18. The Balaban J connectivity index is 4.34. The van der Waals surface area contributed by atoms with Gasteiger partial charge >= 0.3 is 19.8 Å². The number of esters is 2. The van der Waals surface area contributed by atoms with E-state index in [2.05, 4.69) is 60.9 Å². The molecular formula is C41H67O10P. The lowest BCUT2D eigenvalue weighted by Crippen LogP contribution is -2.29. The number of carbonyl (C=O) groups is 2. The van der Waals surface area contributed by atoms with Crippen LogP contribution in [0.15, 0.2) is 85.1 Å². The molecule has 0 fully saturated rings. The second kappa shape index (κ2) is 35.2. The highest BCUT2D eigenvalue weighted by Crippen LogP contribution is 2.36. The largest absolute Gasteiger partial charge is 0.469 e. The third kappa shape index (κ3) is 36.9. The van der Waals surface area contributed by atoms with Gasteiger partial charge in [0.2, 0.25) is 0 Å². The summed E-state index contributed by atoms with van der Waals surface area (Å²) in [4.78, 5) is 42.7. The van der Waals surface area contributed by atoms with Crippen molar-refractivity contribution in [2.24, 2.45) is 0 Å². The summed E-state index contributed by atoms with van der Waals surface area (Å²) in [5, 5.41) is 20.2. The van der Waals surface area contributed by atoms with Gasteiger partial charge in [0.25, 0.3) is 0 Å². The van der Waals surface area contributed by atoms with Gasteiger partial charge in [0.1, 0.15) is 6.61 Å². The molecular weight excluding hydrogens is 683 g/mol. The molecule has 3 atom stereocenters. The van der Waals surface area contributed by atoms with Gasteiger partial charge < -0.3 is 29.5 Å². The van der Waals surface area contributed by atoms with Crippen LogP contribution in [0.5, 0.6) is 0 Å². The maximum Gasteiger partial charge on any atom is 0.469 e. The molecule has 0 spiro atoms. The zero-order valence-corrected chi connectivity index (χ0v) is 32.5. The maximum atomic E-state index is 12.4. The van der Waals surface area contributed by atoms with Gasteiger partial charge in [-0.25, -0.2) is 4.57 Å². The number of phosphoric ester groups is 1. The zero-order chi connectivity index (χ0) is 38.5. The fraction of sp³-hybridized carbons (Fsp3) is 0.610. The minimum Gasteiger partial charge on any atom is -0.462 e. The lowest BCUT2D eigenvalue weighted by Gasteiger charge is -2.18. The van der Waals surface area contributed by atoms with Crippen LogP contribution in [0.3, 0.4) is 0 Å². The van der Waals surface area contributed by atoms with E-state index in [1.165, 1.54) is 32.1 Å². The van der Waals surface area contributed by atoms with Crippen LogP contribution >= 0.6 is 7.82 Å². The molecule has 0 aromatic heterocycles. The first kappa shape index (κ1) is 49.1. The van der Waals surface area contributed by atoms with Crippen molar-refractivity contribution in [3.05, 3.63) is 85.1 Å². The normalized spacial score (nSPS) is 14.7. The molecule has 0 aliphatic carbocycles. The Labute approximate surface area is 313 Å². The number of hydrogen-bond donors (Lipinski definition) is 4. The van der Waals surface area contributed by atoms with Crippen molar-refractivity contribution < 1.29 is 48.2 Å². The summed E-state index contributed by atoms with van der Waals surface area (Å²) >= 11 is 0. The Kier molecular flexibility index (Phi) is 33.3. The second-order valence-corrected chi connectivity index (χ2v) is 13.8. The van der Waals surface area contributed by atoms with Crippen molar-refractivity contribution in [1.29, 1.82) is 0 Å². The molecule has 0 aliphatic heterocycles. The molecule has 0 radical (unpaired) electrons. The highest BCUT2D eigenvalue weighted by atomic mass is 31.2. The predicted octanol–water partition coefficient (Wildman–Crippen LogP) is 9.23. The molecule has 0 unspecified atom stereocenters. The molecule has 11 heteroatoms. The van der Waals surface area contributed by atoms with Crippen LogP contribution in [0.4, 0.5) is 0 Å². The Morgan fingerprint density at radius 1 is 0.615 bits per heavy atom. The fourth-order valence-electron chi connectivity index (χ4n) is 4.63. The van der Waals surface area contributed by atoms with Crippen LogP contribution in [-0.2, 0) is 28.2 Å². The van der Waals surface area contributed by atoms with E-state index in [9.17, 15) is 24.4 Å². The lowest BCUT2D eigenvalue weighted by molar-refractivity contribution is -0.161. The molecule has 0 rings (SSSR count). The molecule has 0 amide bonds. The van der Waals surface area contributed by atoms with E-state index in [-0.39, 0.29) is 19.3 Å². The summed E-state index contributed by atoms with van der Waals surface area (Å²) < 4.78 is 26.1. The molecule has 0 aliphatic rings. The highest BCUT2D eigenvalue weighted by molar-refractivity contribution is 7.46. The maximum absolute atomic E-state index is 12.4. The monoisotopic (exact) mass is 750 g/mol. The van der Waals surface area contributed by atoms with Gasteiger partial charge in [-0.1, -0.05) is 125 Å². The molecule has 0 aromatic rings. The van der Waals surface area contributed by atoms with Crippen molar-refractivity contribution in [2.45, 2.75) is 148 Å².